The highest BCUT2D eigenvalue weighted by atomic mass is 32.2. The zero-order chi connectivity index (χ0) is 20.1. The van der Waals surface area contributed by atoms with Gasteiger partial charge in [0.15, 0.2) is 0 Å². The number of thioether (sulfide) groups is 1. The molecule has 0 bridgehead atoms. The van der Waals surface area contributed by atoms with Crippen molar-refractivity contribution in [3.63, 3.8) is 0 Å². The van der Waals surface area contributed by atoms with Crippen molar-refractivity contribution in [1.82, 2.24) is 4.90 Å². The van der Waals surface area contributed by atoms with Crippen molar-refractivity contribution in [2.45, 2.75) is 36.7 Å². The maximum Gasteiger partial charge on any atom is 0.227 e. The van der Waals surface area contributed by atoms with E-state index in [0.29, 0.717) is 0 Å². The summed E-state index contributed by atoms with van der Waals surface area (Å²) < 4.78 is 0. The molecule has 0 aromatic heterocycles. The predicted octanol–water partition coefficient (Wildman–Crippen LogP) is 6.52. The molecule has 0 saturated carbocycles. The number of rotatable bonds is 6. The van der Waals surface area contributed by atoms with E-state index in [1.165, 1.54) is 16.0 Å². The fourth-order valence-electron chi connectivity index (χ4n) is 4.19. The number of nitrogens with zero attached hydrogens (tertiary/aromatic N) is 1. The number of hydrogen-bond donors (Lipinski definition) is 0. The zero-order valence-electron chi connectivity index (χ0n) is 16.8. The maximum absolute atomic E-state index is 13.6. The van der Waals surface area contributed by atoms with E-state index >= 15 is 0 Å². The van der Waals surface area contributed by atoms with E-state index in [1.54, 1.807) is 11.8 Å². The van der Waals surface area contributed by atoms with E-state index in [0.717, 1.165) is 18.6 Å². The van der Waals surface area contributed by atoms with Gasteiger partial charge < -0.3 is 4.90 Å². The summed E-state index contributed by atoms with van der Waals surface area (Å²) in [4.78, 5) is 17.0. The highest BCUT2D eigenvalue weighted by molar-refractivity contribution is 7.99. The van der Waals surface area contributed by atoms with Gasteiger partial charge in [-0.3, -0.25) is 4.79 Å². The van der Waals surface area contributed by atoms with Gasteiger partial charge in [-0.25, -0.2) is 0 Å². The number of amides is 1. The molecule has 1 saturated heterocycles. The third kappa shape index (κ3) is 4.56. The second-order valence-electron chi connectivity index (χ2n) is 7.70. The first kappa shape index (κ1) is 19.8. The molecule has 3 atom stereocenters. The average Bonchev–Trinajstić information content (AvgIpc) is 3.24. The summed E-state index contributed by atoms with van der Waals surface area (Å²) in [7, 11) is 0. The topological polar surface area (TPSA) is 20.3 Å². The largest absolute Gasteiger partial charge is 0.328 e. The van der Waals surface area contributed by atoms with Gasteiger partial charge in [-0.15, -0.1) is 11.8 Å². The third-order valence-electron chi connectivity index (χ3n) is 5.67. The standard InChI is InChI=1S/C26H27NOS/c1-20(19-29-23-15-9-4-10-16-23)26(28)27-24(21-11-5-2-6-12-21)17-18-25(27)22-13-7-3-8-14-22/h2-16,20,24-25H,17-19H2,1H3/t20-,24+,25+/m0/s1. The maximum atomic E-state index is 13.6. The Bertz CT molecular complexity index is 866. The summed E-state index contributed by atoms with van der Waals surface area (Å²) in [5.74, 6) is 1.02. The van der Waals surface area contributed by atoms with Crippen molar-refractivity contribution in [2.24, 2.45) is 5.92 Å². The zero-order valence-corrected chi connectivity index (χ0v) is 17.6. The average molecular weight is 402 g/mol. The van der Waals surface area contributed by atoms with Gasteiger partial charge in [0, 0.05) is 16.6 Å². The minimum atomic E-state index is -0.0317. The molecule has 1 fully saturated rings. The van der Waals surface area contributed by atoms with Gasteiger partial charge in [0.25, 0.3) is 0 Å². The van der Waals surface area contributed by atoms with Crippen LogP contribution in [0.5, 0.6) is 0 Å². The van der Waals surface area contributed by atoms with Crippen LogP contribution >= 0.6 is 11.8 Å². The fraction of sp³-hybridized carbons (Fsp3) is 0.269. The lowest BCUT2D eigenvalue weighted by molar-refractivity contribution is -0.137. The van der Waals surface area contributed by atoms with Crippen LogP contribution in [-0.2, 0) is 4.79 Å². The fourth-order valence-corrected chi connectivity index (χ4v) is 5.12. The van der Waals surface area contributed by atoms with Crippen LogP contribution in [0.3, 0.4) is 0 Å². The van der Waals surface area contributed by atoms with Crippen molar-refractivity contribution >= 4 is 17.7 Å². The highest BCUT2D eigenvalue weighted by Gasteiger charge is 2.39. The molecule has 3 heteroatoms. The Morgan fingerprint density at radius 1 is 0.828 bits per heavy atom. The monoisotopic (exact) mass is 401 g/mol. The molecule has 1 aliphatic heterocycles. The van der Waals surface area contributed by atoms with Gasteiger partial charge in [0.05, 0.1) is 12.1 Å². The molecule has 1 heterocycles. The normalized spacial score (nSPS) is 19.8. The number of benzene rings is 3. The molecule has 0 radical (unpaired) electrons. The lowest BCUT2D eigenvalue weighted by atomic mass is 10.0. The molecule has 0 aliphatic carbocycles. The minimum absolute atomic E-state index is 0.0317. The number of hydrogen-bond acceptors (Lipinski definition) is 2. The van der Waals surface area contributed by atoms with Gasteiger partial charge >= 0.3 is 0 Å². The Labute approximate surface area is 178 Å². The van der Waals surface area contributed by atoms with Gasteiger partial charge in [-0.05, 0) is 36.1 Å². The van der Waals surface area contributed by atoms with Crippen LogP contribution in [0.25, 0.3) is 0 Å². The molecular weight excluding hydrogens is 374 g/mol. The van der Waals surface area contributed by atoms with E-state index in [-0.39, 0.29) is 23.9 Å². The molecule has 0 spiro atoms. The number of likely N-dealkylation sites (tertiary alicyclic amines) is 1. The van der Waals surface area contributed by atoms with Crippen LogP contribution in [0.2, 0.25) is 0 Å². The van der Waals surface area contributed by atoms with Gasteiger partial charge in [0.2, 0.25) is 5.91 Å². The van der Waals surface area contributed by atoms with Gasteiger partial charge in [-0.2, -0.15) is 0 Å². The Balaban J connectivity index is 1.56. The van der Waals surface area contributed by atoms with Crippen LogP contribution in [0.15, 0.2) is 95.9 Å². The predicted molar refractivity (Wildman–Crippen MR) is 121 cm³/mol. The van der Waals surface area contributed by atoms with E-state index in [9.17, 15) is 4.79 Å². The molecule has 148 valence electrons. The summed E-state index contributed by atoms with van der Waals surface area (Å²) in [6.07, 6.45) is 2.02. The van der Waals surface area contributed by atoms with Gasteiger partial charge in [0.1, 0.15) is 0 Å². The van der Waals surface area contributed by atoms with E-state index < -0.39 is 0 Å². The lowest BCUT2D eigenvalue weighted by Crippen LogP contribution is -2.37. The Morgan fingerprint density at radius 2 is 1.28 bits per heavy atom. The van der Waals surface area contributed by atoms with Crippen molar-refractivity contribution in [3.8, 4) is 0 Å². The van der Waals surface area contributed by atoms with Crippen LogP contribution in [0.1, 0.15) is 43.0 Å². The number of carbonyl (C=O) groups excluding carboxylic acids is 1. The third-order valence-corrected chi connectivity index (χ3v) is 6.95. The summed E-state index contributed by atoms with van der Waals surface area (Å²) in [5.41, 5.74) is 2.48. The second kappa shape index (κ2) is 9.32. The summed E-state index contributed by atoms with van der Waals surface area (Å²) in [6, 6.07) is 31.6. The molecule has 4 rings (SSSR count). The second-order valence-corrected chi connectivity index (χ2v) is 8.79. The molecule has 2 nitrogen and oxygen atoms in total. The molecule has 1 amide bonds. The minimum Gasteiger partial charge on any atom is -0.328 e. The first-order valence-corrected chi connectivity index (χ1v) is 11.3. The first-order valence-electron chi connectivity index (χ1n) is 10.3. The molecule has 29 heavy (non-hydrogen) atoms. The molecular formula is C26H27NOS. The lowest BCUT2D eigenvalue weighted by Gasteiger charge is -2.33. The van der Waals surface area contributed by atoms with Crippen molar-refractivity contribution in [2.75, 3.05) is 5.75 Å². The Morgan fingerprint density at radius 3 is 1.76 bits per heavy atom. The summed E-state index contributed by atoms with van der Waals surface area (Å²) in [6.45, 7) is 2.07. The van der Waals surface area contributed by atoms with Crippen molar-refractivity contribution in [3.05, 3.63) is 102 Å². The SMILES string of the molecule is C[C@@H](CSc1ccccc1)C(=O)N1[C@@H](c2ccccc2)CC[C@@H]1c1ccccc1. The molecule has 1 aliphatic rings. The summed E-state index contributed by atoms with van der Waals surface area (Å²) >= 11 is 1.76. The Hall–Kier alpha value is -2.52. The molecule has 0 unspecified atom stereocenters. The molecule has 0 N–H and O–H groups in total. The first-order chi connectivity index (χ1) is 14.2. The van der Waals surface area contributed by atoms with Crippen molar-refractivity contribution < 1.29 is 4.79 Å². The molecule has 3 aromatic rings. The van der Waals surface area contributed by atoms with E-state index in [2.05, 4.69) is 72.5 Å². The quantitative estimate of drug-likeness (QED) is 0.438. The van der Waals surface area contributed by atoms with Crippen LogP contribution in [0.4, 0.5) is 0 Å². The van der Waals surface area contributed by atoms with Crippen LogP contribution in [0, 0.1) is 5.92 Å². The number of carbonyl (C=O) groups is 1. The van der Waals surface area contributed by atoms with E-state index in [4.69, 9.17) is 0 Å². The van der Waals surface area contributed by atoms with Crippen LogP contribution < -0.4 is 0 Å². The van der Waals surface area contributed by atoms with E-state index in [1.807, 2.05) is 30.3 Å². The van der Waals surface area contributed by atoms with Crippen LogP contribution in [-0.4, -0.2) is 16.6 Å². The Kier molecular flexibility index (Phi) is 6.36. The van der Waals surface area contributed by atoms with Crippen molar-refractivity contribution in [1.29, 1.82) is 0 Å². The molecule has 3 aromatic carbocycles. The van der Waals surface area contributed by atoms with Gasteiger partial charge in [-0.1, -0.05) is 85.8 Å². The smallest absolute Gasteiger partial charge is 0.227 e. The highest BCUT2D eigenvalue weighted by Crippen LogP contribution is 2.45. The summed E-state index contributed by atoms with van der Waals surface area (Å²) in [5, 5.41) is 0.